The minimum absolute atomic E-state index is 0.0608. The Morgan fingerprint density at radius 1 is 1.27 bits per heavy atom. The molecule has 3 unspecified atom stereocenters. The number of nitrogens with zero attached hydrogens (tertiary/aromatic N) is 2. The SMILES string of the molecule is C=C1CC(C)CC(C(C)OC(=O)N2CCC3(CC2)CN(C=O)Cc2ccccc23)C1. The van der Waals surface area contributed by atoms with Gasteiger partial charge in [-0.3, -0.25) is 4.79 Å². The number of hydrogen-bond acceptors (Lipinski definition) is 3. The summed E-state index contributed by atoms with van der Waals surface area (Å²) < 4.78 is 5.89. The molecule has 1 aromatic carbocycles. The Bertz CT molecular complexity index is 812. The van der Waals surface area contributed by atoms with Crippen LogP contribution in [0.25, 0.3) is 0 Å². The maximum absolute atomic E-state index is 12.9. The van der Waals surface area contributed by atoms with Crippen LogP contribution in [0.5, 0.6) is 0 Å². The number of allylic oxidation sites excluding steroid dienone is 1. The molecule has 5 nitrogen and oxygen atoms in total. The van der Waals surface area contributed by atoms with Crippen molar-refractivity contribution >= 4 is 12.5 Å². The molecule has 0 bridgehead atoms. The molecule has 2 amide bonds. The summed E-state index contributed by atoms with van der Waals surface area (Å²) in [5.74, 6) is 0.979. The number of carbonyl (C=O) groups excluding carboxylic acids is 2. The van der Waals surface area contributed by atoms with E-state index in [0.717, 1.165) is 45.1 Å². The zero-order valence-electron chi connectivity index (χ0n) is 18.3. The van der Waals surface area contributed by atoms with Crippen molar-refractivity contribution in [2.45, 2.75) is 64.0 Å². The summed E-state index contributed by atoms with van der Waals surface area (Å²) in [6.07, 6.45) is 5.52. The van der Waals surface area contributed by atoms with Crippen molar-refractivity contribution in [3.8, 4) is 0 Å². The van der Waals surface area contributed by atoms with E-state index in [9.17, 15) is 9.59 Å². The van der Waals surface area contributed by atoms with Crippen molar-refractivity contribution in [2.24, 2.45) is 11.8 Å². The lowest BCUT2D eigenvalue weighted by molar-refractivity contribution is -0.120. The largest absolute Gasteiger partial charge is 0.446 e. The highest BCUT2D eigenvalue weighted by molar-refractivity contribution is 5.68. The van der Waals surface area contributed by atoms with Gasteiger partial charge in [-0.1, -0.05) is 43.3 Å². The first-order valence-corrected chi connectivity index (χ1v) is 11.3. The molecule has 0 radical (unpaired) electrons. The standard InChI is InChI=1S/C25H34N2O3/c1-18-12-19(2)14-22(13-18)20(3)30-24(29)27-10-8-25(9-11-27)16-26(17-28)15-21-6-4-5-7-23(21)25/h4-7,17,19-20,22H,1,8-16H2,2-3H3. The number of likely N-dealkylation sites (tertiary alicyclic amines) is 1. The summed E-state index contributed by atoms with van der Waals surface area (Å²) in [6, 6.07) is 8.44. The van der Waals surface area contributed by atoms with Gasteiger partial charge in [0, 0.05) is 31.6 Å². The number of amides is 2. The highest BCUT2D eigenvalue weighted by Crippen LogP contribution is 2.41. The molecule has 30 heavy (non-hydrogen) atoms. The van der Waals surface area contributed by atoms with Gasteiger partial charge in [-0.15, -0.1) is 0 Å². The van der Waals surface area contributed by atoms with E-state index in [1.807, 2.05) is 22.8 Å². The molecule has 2 aliphatic heterocycles. The molecule has 3 atom stereocenters. The molecule has 162 valence electrons. The molecule has 1 spiro atoms. The number of benzene rings is 1. The molecule has 3 aliphatic rings. The first-order valence-electron chi connectivity index (χ1n) is 11.3. The van der Waals surface area contributed by atoms with E-state index in [0.29, 0.717) is 31.5 Å². The third-order valence-corrected chi connectivity index (χ3v) is 7.44. The van der Waals surface area contributed by atoms with Gasteiger partial charge in [0.2, 0.25) is 6.41 Å². The number of fused-ring (bicyclic) bond motifs is 2. The lowest BCUT2D eigenvalue weighted by atomic mass is 9.69. The monoisotopic (exact) mass is 410 g/mol. The Morgan fingerprint density at radius 2 is 2.00 bits per heavy atom. The quantitative estimate of drug-likeness (QED) is 0.544. The van der Waals surface area contributed by atoms with Gasteiger partial charge in [0.05, 0.1) is 0 Å². The molecule has 4 rings (SSSR count). The summed E-state index contributed by atoms with van der Waals surface area (Å²) in [5, 5.41) is 0. The Morgan fingerprint density at radius 3 is 2.70 bits per heavy atom. The van der Waals surface area contributed by atoms with Crippen molar-refractivity contribution in [1.82, 2.24) is 9.80 Å². The maximum Gasteiger partial charge on any atom is 0.410 e. The van der Waals surface area contributed by atoms with E-state index >= 15 is 0 Å². The number of hydrogen-bond donors (Lipinski definition) is 0. The Labute approximate surface area is 180 Å². The summed E-state index contributed by atoms with van der Waals surface area (Å²) in [5.41, 5.74) is 3.79. The fourth-order valence-corrected chi connectivity index (χ4v) is 5.86. The maximum atomic E-state index is 12.9. The molecule has 2 fully saturated rings. The zero-order chi connectivity index (χ0) is 21.3. The minimum Gasteiger partial charge on any atom is -0.446 e. The lowest BCUT2D eigenvalue weighted by Gasteiger charge is -2.47. The third-order valence-electron chi connectivity index (χ3n) is 7.44. The molecule has 2 heterocycles. The van der Waals surface area contributed by atoms with E-state index in [2.05, 4.69) is 31.7 Å². The van der Waals surface area contributed by atoms with Crippen molar-refractivity contribution < 1.29 is 14.3 Å². The molecular weight excluding hydrogens is 376 g/mol. The van der Waals surface area contributed by atoms with E-state index in [1.54, 1.807) is 0 Å². The van der Waals surface area contributed by atoms with Crippen LogP contribution >= 0.6 is 0 Å². The van der Waals surface area contributed by atoms with E-state index < -0.39 is 0 Å². The molecular formula is C25H34N2O3. The van der Waals surface area contributed by atoms with Gasteiger partial charge in [-0.2, -0.15) is 0 Å². The molecule has 1 saturated heterocycles. The normalized spacial score (nSPS) is 26.8. The number of rotatable bonds is 3. The molecule has 0 N–H and O–H groups in total. The summed E-state index contributed by atoms with van der Waals surface area (Å²) in [7, 11) is 0. The van der Waals surface area contributed by atoms with Gasteiger partial charge in [-0.05, 0) is 62.0 Å². The summed E-state index contributed by atoms with van der Waals surface area (Å²) in [4.78, 5) is 28.1. The van der Waals surface area contributed by atoms with Crippen LogP contribution < -0.4 is 0 Å². The first kappa shape index (κ1) is 21.0. The number of carbonyl (C=O) groups is 2. The van der Waals surface area contributed by atoms with E-state index in [-0.39, 0.29) is 17.6 Å². The van der Waals surface area contributed by atoms with Gasteiger partial charge in [-0.25, -0.2) is 4.79 Å². The van der Waals surface area contributed by atoms with Gasteiger partial charge in [0.1, 0.15) is 6.10 Å². The Hall–Kier alpha value is -2.30. The first-order chi connectivity index (χ1) is 14.4. The lowest BCUT2D eigenvalue weighted by Crippen LogP contribution is -2.53. The van der Waals surface area contributed by atoms with Crippen molar-refractivity contribution in [2.75, 3.05) is 19.6 Å². The molecule has 5 heteroatoms. The van der Waals surface area contributed by atoms with Crippen molar-refractivity contribution in [3.63, 3.8) is 0 Å². The van der Waals surface area contributed by atoms with E-state index in [4.69, 9.17) is 4.74 Å². The highest BCUT2D eigenvalue weighted by Gasteiger charge is 2.43. The predicted molar refractivity (Wildman–Crippen MR) is 117 cm³/mol. The molecule has 1 aromatic rings. The van der Waals surface area contributed by atoms with Crippen LogP contribution in [0.1, 0.15) is 57.1 Å². The summed E-state index contributed by atoms with van der Waals surface area (Å²) >= 11 is 0. The topological polar surface area (TPSA) is 49.9 Å². The smallest absolute Gasteiger partial charge is 0.410 e. The summed E-state index contributed by atoms with van der Waals surface area (Å²) in [6.45, 7) is 11.2. The average molecular weight is 411 g/mol. The second kappa shape index (κ2) is 8.44. The number of ether oxygens (including phenoxy) is 1. The van der Waals surface area contributed by atoms with Crippen LogP contribution in [0.2, 0.25) is 0 Å². The van der Waals surface area contributed by atoms with Crippen LogP contribution in [-0.4, -0.2) is 48.0 Å². The van der Waals surface area contributed by atoms with Gasteiger partial charge in [0.25, 0.3) is 0 Å². The fourth-order valence-electron chi connectivity index (χ4n) is 5.86. The Balaban J connectivity index is 1.39. The van der Waals surface area contributed by atoms with Gasteiger partial charge in [0.15, 0.2) is 0 Å². The van der Waals surface area contributed by atoms with E-state index in [1.165, 1.54) is 16.7 Å². The predicted octanol–water partition coefficient (Wildman–Crippen LogP) is 4.51. The van der Waals surface area contributed by atoms with Crippen LogP contribution in [0.3, 0.4) is 0 Å². The van der Waals surface area contributed by atoms with Gasteiger partial charge >= 0.3 is 6.09 Å². The second-order valence-corrected chi connectivity index (χ2v) is 9.78. The fraction of sp³-hybridized carbons (Fsp3) is 0.600. The van der Waals surface area contributed by atoms with Gasteiger partial charge < -0.3 is 14.5 Å². The molecule has 1 saturated carbocycles. The zero-order valence-corrected chi connectivity index (χ0v) is 18.3. The van der Waals surface area contributed by atoms with Crippen molar-refractivity contribution in [3.05, 3.63) is 47.5 Å². The third kappa shape index (κ3) is 4.12. The molecule has 1 aliphatic carbocycles. The van der Waals surface area contributed by atoms with Crippen LogP contribution in [0, 0.1) is 11.8 Å². The minimum atomic E-state index is -0.197. The Kier molecular flexibility index (Phi) is 5.90. The number of piperidine rings is 1. The van der Waals surface area contributed by atoms with Crippen molar-refractivity contribution in [1.29, 1.82) is 0 Å². The van der Waals surface area contributed by atoms with Crippen LogP contribution in [0.15, 0.2) is 36.4 Å². The molecule has 0 aromatic heterocycles. The van der Waals surface area contributed by atoms with Crippen LogP contribution in [0.4, 0.5) is 4.79 Å². The average Bonchev–Trinajstić information content (AvgIpc) is 2.73. The highest BCUT2D eigenvalue weighted by atomic mass is 16.6. The van der Waals surface area contributed by atoms with Crippen LogP contribution in [-0.2, 0) is 21.5 Å². The second-order valence-electron chi connectivity index (χ2n) is 9.78.